The Kier molecular flexibility index (Phi) is 10.2. The van der Waals surface area contributed by atoms with Gasteiger partial charge in [-0.25, -0.2) is 4.39 Å². The van der Waals surface area contributed by atoms with Gasteiger partial charge >= 0.3 is 109 Å². The van der Waals surface area contributed by atoms with E-state index in [1.54, 1.807) is 0 Å². The first-order chi connectivity index (χ1) is 8.31. The van der Waals surface area contributed by atoms with Crippen molar-refractivity contribution in [3.8, 4) is 0 Å². The van der Waals surface area contributed by atoms with E-state index in [9.17, 15) is 28.0 Å². The Morgan fingerprint density at radius 3 is 2.50 bits per heavy atom. The second-order valence-corrected chi connectivity index (χ2v) is 4.23. The van der Waals surface area contributed by atoms with Crippen molar-refractivity contribution in [2.24, 2.45) is 0 Å². The summed E-state index contributed by atoms with van der Waals surface area (Å²) in [6.07, 6.45) is -6.93. The van der Waals surface area contributed by atoms with Crippen LogP contribution in [0.5, 0.6) is 0 Å². The van der Waals surface area contributed by atoms with Gasteiger partial charge in [0.05, 0.1) is 0 Å². The molecular formula is C8H10BF3K2N2O4. The van der Waals surface area contributed by atoms with Crippen LogP contribution >= 0.6 is 0 Å². The molecule has 2 atom stereocenters. The predicted octanol–water partition coefficient (Wildman–Crippen LogP) is -8.83. The van der Waals surface area contributed by atoms with Gasteiger partial charge in [-0.3, -0.25) is 9.53 Å². The fraction of sp³-hybridized carbons (Fsp3) is 0.875. The maximum Gasteiger partial charge on any atom is 1.00 e. The Morgan fingerprint density at radius 1 is 1.35 bits per heavy atom. The number of carbonyl (C=O) groups is 1. The molecule has 0 aromatic rings. The van der Waals surface area contributed by atoms with E-state index < -0.39 is 38.0 Å². The van der Waals surface area contributed by atoms with Crippen LogP contribution in [0.25, 0.3) is 0 Å². The van der Waals surface area contributed by atoms with Crippen LogP contribution in [0.1, 0.15) is 0 Å². The molecule has 12 heteroatoms. The van der Waals surface area contributed by atoms with Crippen molar-refractivity contribution < 1.29 is 136 Å². The van der Waals surface area contributed by atoms with Crippen molar-refractivity contribution in [1.82, 2.24) is 9.80 Å². The van der Waals surface area contributed by atoms with Crippen molar-refractivity contribution in [3.05, 3.63) is 0 Å². The van der Waals surface area contributed by atoms with Gasteiger partial charge in [-0.05, 0) is 0 Å². The fourth-order valence-electron chi connectivity index (χ4n) is 2.16. The molecule has 0 aromatic heterocycles. The quantitative estimate of drug-likeness (QED) is 0.465. The van der Waals surface area contributed by atoms with Gasteiger partial charge in [-0.15, -0.1) is 0 Å². The molecule has 6 nitrogen and oxygen atoms in total. The van der Waals surface area contributed by atoms with Crippen molar-refractivity contribution in [2.75, 3.05) is 26.1 Å². The number of fused-ring (bicyclic) bond motifs is 1. The van der Waals surface area contributed by atoms with E-state index in [2.05, 4.69) is 4.74 Å². The molecule has 2 saturated heterocycles. The van der Waals surface area contributed by atoms with Gasteiger partial charge < -0.3 is 19.8 Å². The summed E-state index contributed by atoms with van der Waals surface area (Å²) in [6, 6.07) is -1.66. The van der Waals surface area contributed by atoms with Gasteiger partial charge in [0.15, 0.2) is 0 Å². The molecule has 2 aliphatic heterocycles. The minimum absolute atomic E-state index is 0. The summed E-state index contributed by atoms with van der Waals surface area (Å²) >= 11 is 0. The first-order valence-corrected chi connectivity index (χ1v) is 5.35. The number of nitrogens with zero attached hydrogens (tertiary/aromatic N) is 2. The van der Waals surface area contributed by atoms with Crippen LogP contribution in [0.15, 0.2) is 0 Å². The third-order valence-electron chi connectivity index (χ3n) is 3.00. The zero-order chi connectivity index (χ0) is 13.5. The molecule has 2 aliphatic rings. The molecule has 2 heterocycles. The second-order valence-electron chi connectivity index (χ2n) is 4.23. The summed E-state index contributed by atoms with van der Waals surface area (Å²) < 4.78 is 43.5. The molecular weight excluding hydrogens is 334 g/mol. The summed E-state index contributed by atoms with van der Waals surface area (Å²) in [6.45, 7) is -0.450. The molecule has 0 spiro atoms. The topological polar surface area (TPSA) is 78.9 Å². The number of halogens is 3. The van der Waals surface area contributed by atoms with Crippen LogP contribution in [0.3, 0.4) is 0 Å². The molecule has 0 radical (unpaired) electrons. The first kappa shape index (κ1) is 22.4. The molecule has 0 bridgehead atoms. The van der Waals surface area contributed by atoms with E-state index in [1.165, 1.54) is 4.90 Å². The third kappa shape index (κ3) is 5.23. The monoisotopic (exact) mass is 344 g/mol. The Morgan fingerprint density at radius 2 is 1.95 bits per heavy atom. The first-order valence-electron chi connectivity index (χ1n) is 5.35. The smallest absolute Gasteiger partial charge is 0.892 e. The minimum atomic E-state index is -3.83. The third-order valence-corrected chi connectivity index (χ3v) is 3.00. The van der Waals surface area contributed by atoms with Crippen LogP contribution in [0, 0.1) is 0 Å². The van der Waals surface area contributed by atoms with Gasteiger partial charge in [0.25, 0.3) is 12.3 Å². The zero-order valence-corrected chi connectivity index (χ0v) is 17.5. The van der Waals surface area contributed by atoms with Gasteiger partial charge in [-0.2, -0.15) is 8.78 Å². The minimum Gasteiger partial charge on any atom is -0.892 e. The van der Waals surface area contributed by atoms with E-state index in [0.717, 1.165) is 0 Å². The zero-order valence-electron chi connectivity index (χ0n) is 11.2. The van der Waals surface area contributed by atoms with E-state index in [1.807, 2.05) is 0 Å². The van der Waals surface area contributed by atoms with Crippen LogP contribution in [-0.2, 0) is 9.53 Å². The van der Waals surface area contributed by atoms with E-state index >= 15 is 0 Å². The molecule has 2 rings (SSSR count). The van der Waals surface area contributed by atoms with Crippen LogP contribution < -0.4 is 113 Å². The summed E-state index contributed by atoms with van der Waals surface area (Å²) in [7, 11) is -2.15. The average molecular weight is 344 g/mol. The molecule has 102 valence electrons. The number of ether oxygens (including phenoxy) is 1. The normalized spacial score (nSPS) is 29.1. The largest absolute Gasteiger partial charge is 1.00 e. The summed E-state index contributed by atoms with van der Waals surface area (Å²) in [5, 5.41) is 21.0. The predicted molar refractivity (Wildman–Crippen MR) is 48.6 cm³/mol. The number of amides is 1. The van der Waals surface area contributed by atoms with Crippen LogP contribution in [0.4, 0.5) is 13.2 Å². The standard InChI is InChI=1S/C8H10BF3N2O4.2K/c10-6-7(15)14-2-1-13(4-9(16)17)3-5(14)8(11,12)18-6;;/h5-6H,1-4H2;;/q-2;2*+1/t5?,6-;;/m0../s1. The number of piperazine rings is 1. The maximum atomic E-state index is 13.4. The van der Waals surface area contributed by atoms with Gasteiger partial charge in [0, 0.05) is 19.6 Å². The van der Waals surface area contributed by atoms with Crippen LogP contribution in [0.2, 0.25) is 0 Å². The maximum absolute atomic E-state index is 13.4. The van der Waals surface area contributed by atoms with Crippen molar-refractivity contribution in [1.29, 1.82) is 0 Å². The fourth-order valence-corrected chi connectivity index (χ4v) is 2.16. The number of hydrogen-bond donors (Lipinski definition) is 0. The number of morpholine rings is 1. The molecule has 1 amide bonds. The number of rotatable bonds is 2. The molecule has 0 aromatic carbocycles. The Bertz CT molecular complexity index is 356. The number of hydrogen-bond acceptors (Lipinski definition) is 5. The van der Waals surface area contributed by atoms with Gasteiger partial charge in [0.1, 0.15) is 6.04 Å². The molecule has 0 aliphatic carbocycles. The summed E-state index contributed by atoms with van der Waals surface area (Å²) in [5.74, 6) is -1.15. The Hall–Kier alpha value is 2.44. The van der Waals surface area contributed by atoms with Gasteiger partial charge in [-0.1, -0.05) is 13.6 Å². The molecule has 0 N–H and O–H groups in total. The van der Waals surface area contributed by atoms with E-state index in [4.69, 9.17) is 0 Å². The molecule has 2 fully saturated rings. The number of carbonyl (C=O) groups excluding carboxylic acids is 1. The molecule has 0 saturated carbocycles. The SMILES string of the molecule is O=C1[C@@H](F)OC(F)(F)C2CN(CB([O-])[O-])CCN12.[K+].[K+]. The Balaban J connectivity index is 0.00000180. The molecule has 20 heavy (non-hydrogen) atoms. The summed E-state index contributed by atoms with van der Waals surface area (Å²) in [5.41, 5.74) is 0. The van der Waals surface area contributed by atoms with Crippen molar-refractivity contribution in [3.63, 3.8) is 0 Å². The average Bonchev–Trinajstić information content (AvgIpc) is 2.25. The number of alkyl halides is 3. The Labute approximate surface area is 199 Å². The van der Waals surface area contributed by atoms with Crippen molar-refractivity contribution in [2.45, 2.75) is 18.5 Å². The van der Waals surface area contributed by atoms with Crippen LogP contribution in [-0.4, -0.2) is 67.4 Å². The van der Waals surface area contributed by atoms with E-state index in [0.29, 0.717) is 4.90 Å². The van der Waals surface area contributed by atoms with Gasteiger partial charge in [0.2, 0.25) is 0 Å². The van der Waals surface area contributed by atoms with E-state index in [-0.39, 0.29) is 122 Å². The van der Waals surface area contributed by atoms with Crippen molar-refractivity contribution >= 4 is 13.0 Å². The molecule has 1 unspecified atom stereocenters. The summed E-state index contributed by atoms with van der Waals surface area (Å²) in [4.78, 5) is 13.3. The second kappa shape index (κ2) is 9.06.